The molecule has 2 rings (SSSR count). The lowest BCUT2D eigenvalue weighted by molar-refractivity contribution is -0.359. The van der Waals surface area contributed by atoms with Gasteiger partial charge < -0.3 is 65.1 Å². The number of hydrogen-bond acceptors (Lipinski definition) is 13. The molecule has 0 bridgehead atoms. The van der Waals surface area contributed by atoms with Crippen molar-refractivity contribution >= 4 is 5.91 Å². The SMILES string of the molecule is CC/C=C\C/C=C\C/C=C\C/C=C\C/C=C\C/C=C\CCCCCCCCCCCCCCCCCCCCC(=O)NC(COC1OC(CO)C(OC2OC(CO)C(O)C(O)C2O)C(O)C1O)C(O)CCCCCCCCCCCCCCCCCCCCCCCCCCCCCC. The molecule has 2 heterocycles. The number of aliphatic hydroxyl groups excluding tert-OH is 8. The van der Waals surface area contributed by atoms with Gasteiger partial charge in [-0.3, -0.25) is 4.79 Å². The van der Waals surface area contributed by atoms with Gasteiger partial charge in [-0.2, -0.15) is 0 Å². The van der Waals surface area contributed by atoms with Crippen LogP contribution in [0.5, 0.6) is 0 Å². The largest absolute Gasteiger partial charge is 0.394 e. The monoisotopic (exact) mass is 1400 g/mol. The second-order valence-electron chi connectivity index (χ2n) is 29.2. The highest BCUT2D eigenvalue weighted by molar-refractivity contribution is 5.76. The fraction of sp³-hybridized carbons (Fsp3) is 0.847. The molecular formula is C85H155NO13. The smallest absolute Gasteiger partial charge is 0.220 e. The Morgan fingerprint density at radius 3 is 1.07 bits per heavy atom. The maximum atomic E-state index is 13.4. The summed E-state index contributed by atoms with van der Waals surface area (Å²) in [5.74, 6) is -0.201. The Kier molecular flexibility index (Phi) is 64.0. The molecule has 0 spiro atoms. The molecule has 14 heteroatoms. The molecule has 12 atom stereocenters. The normalized spacial score (nSPS) is 22.3. The standard InChI is InChI=1S/C85H155NO13/c1-3-5-7-9-11-13-15-17-19-21-23-25-27-29-31-33-34-35-36-37-38-39-40-41-43-45-47-49-51-53-55-57-59-61-63-65-67-69-77(90)86-73(72-96-84-82(95)80(93)83(76(71-88)98-84)99-85-81(94)79(92)78(91)75(70-87)97-85)74(89)68-66-64-62-60-58-56-54-52-50-48-46-44-42-32-30-28-26-24-22-20-18-16-14-12-10-8-6-4-2/h5,7,11,13,17,19,23,25,29,31,34-35,73-76,78-85,87-89,91-95H,3-4,6,8-10,12,14-16,18,20-22,24,26-28,30,32-33,36-72H2,1-2H3,(H,86,90)/b7-5-,13-11-,19-17-,25-23-,31-29-,35-34-. The molecule has 2 saturated heterocycles. The molecule has 14 nitrogen and oxygen atoms in total. The number of ether oxygens (including phenoxy) is 4. The van der Waals surface area contributed by atoms with E-state index in [1.54, 1.807) is 0 Å². The molecule has 2 aliphatic heterocycles. The maximum absolute atomic E-state index is 13.4. The van der Waals surface area contributed by atoms with Crippen molar-refractivity contribution in [3.05, 3.63) is 72.9 Å². The van der Waals surface area contributed by atoms with E-state index in [9.17, 15) is 45.6 Å². The van der Waals surface area contributed by atoms with Crippen molar-refractivity contribution < 1.29 is 64.6 Å². The van der Waals surface area contributed by atoms with E-state index < -0.39 is 86.8 Å². The Hall–Kier alpha value is -2.57. The van der Waals surface area contributed by atoms with Crippen LogP contribution in [0.4, 0.5) is 0 Å². The van der Waals surface area contributed by atoms with Crippen LogP contribution in [-0.2, 0) is 23.7 Å². The molecule has 12 unspecified atom stereocenters. The molecule has 1 amide bonds. The minimum atomic E-state index is -1.78. The van der Waals surface area contributed by atoms with E-state index in [-0.39, 0.29) is 12.5 Å². The molecule has 0 aromatic rings. The van der Waals surface area contributed by atoms with Crippen LogP contribution in [0.1, 0.15) is 367 Å². The summed E-state index contributed by atoms with van der Waals surface area (Å²) >= 11 is 0. The van der Waals surface area contributed by atoms with Crippen molar-refractivity contribution in [1.29, 1.82) is 0 Å². The topological polar surface area (TPSA) is 228 Å². The first-order valence-corrected chi connectivity index (χ1v) is 41.7. The zero-order valence-corrected chi connectivity index (χ0v) is 63.5. The highest BCUT2D eigenvalue weighted by atomic mass is 16.7. The maximum Gasteiger partial charge on any atom is 0.220 e. The summed E-state index contributed by atoms with van der Waals surface area (Å²) in [5.41, 5.74) is 0. The van der Waals surface area contributed by atoms with Crippen LogP contribution in [0, 0.1) is 0 Å². The Labute approximate surface area is 606 Å². The first-order valence-electron chi connectivity index (χ1n) is 41.7. The minimum Gasteiger partial charge on any atom is -0.394 e. The van der Waals surface area contributed by atoms with Gasteiger partial charge in [0.15, 0.2) is 12.6 Å². The van der Waals surface area contributed by atoms with E-state index in [0.29, 0.717) is 12.8 Å². The Bertz CT molecular complexity index is 1940. The van der Waals surface area contributed by atoms with Crippen molar-refractivity contribution in [2.45, 2.75) is 441 Å². The van der Waals surface area contributed by atoms with E-state index in [0.717, 1.165) is 89.9 Å². The third kappa shape index (κ3) is 51.3. The van der Waals surface area contributed by atoms with Gasteiger partial charge in [-0.15, -0.1) is 0 Å². The van der Waals surface area contributed by atoms with Crippen molar-refractivity contribution in [2.75, 3.05) is 19.8 Å². The number of carbonyl (C=O) groups excluding carboxylic acids is 1. The van der Waals surface area contributed by atoms with Crippen LogP contribution < -0.4 is 5.32 Å². The quantitative estimate of drug-likeness (QED) is 0.0204. The molecule has 0 aromatic carbocycles. The van der Waals surface area contributed by atoms with Gasteiger partial charge in [0.25, 0.3) is 0 Å². The number of carbonyl (C=O) groups is 1. The number of unbranched alkanes of at least 4 members (excludes halogenated alkanes) is 45. The summed E-state index contributed by atoms with van der Waals surface area (Å²) in [4.78, 5) is 13.4. The van der Waals surface area contributed by atoms with Crippen LogP contribution in [0.25, 0.3) is 0 Å². The number of nitrogens with one attached hydrogen (secondary N) is 1. The van der Waals surface area contributed by atoms with Gasteiger partial charge in [-0.05, 0) is 64.2 Å². The van der Waals surface area contributed by atoms with E-state index in [4.69, 9.17) is 18.9 Å². The second kappa shape index (κ2) is 68.5. The first-order chi connectivity index (χ1) is 48.6. The predicted octanol–water partition coefficient (Wildman–Crippen LogP) is 19.3. The van der Waals surface area contributed by atoms with Crippen molar-refractivity contribution in [3.63, 3.8) is 0 Å². The second-order valence-corrected chi connectivity index (χ2v) is 29.2. The molecule has 2 fully saturated rings. The lowest BCUT2D eigenvalue weighted by Crippen LogP contribution is -2.65. The molecule has 0 saturated carbocycles. The third-order valence-electron chi connectivity index (χ3n) is 20.2. The summed E-state index contributed by atoms with van der Waals surface area (Å²) < 4.78 is 23.0. The van der Waals surface area contributed by atoms with Gasteiger partial charge >= 0.3 is 0 Å². The summed E-state index contributed by atoms with van der Waals surface area (Å²) in [6.07, 6.45) is 78.0. The number of hydrogen-bond donors (Lipinski definition) is 9. The fourth-order valence-corrected chi connectivity index (χ4v) is 13.7. The van der Waals surface area contributed by atoms with E-state index in [2.05, 4.69) is 92.1 Å². The predicted molar refractivity (Wildman–Crippen MR) is 410 cm³/mol. The van der Waals surface area contributed by atoms with Crippen LogP contribution in [0.3, 0.4) is 0 Å². The van der Waals surface area contributed by atoms with E-state index >= 15 is 0 Å². The summed E-state index contributed by atoms with van der Waals surface area (Å²) in [5, 5.41) is 87.9. The van der Waals surface area contributed by atoms with Crippen LogP contribution in [0.15, 0.2) is 72.9 Å². The van der Waals surface area contributed by atoms with Gasteiger partial charge in [0, 0.05) is 6.42 Å². The molecule has 9 N–H and O–H groups in total. The van der Waals surface area contributed by atoms with Crippen molar-refractivity contribution in [3.8, 4) is 0 Å². The van der Waals surface area contributed by atoms with Gasteiger partial charge in [0.05, 0.1) is 32.0 Å². The van der Waals surface area contributed by atoms with Crippen LogP contribution >= 0.6 is 0 Å². The Morgan fingerprint density at radius 1 is 0.374 bits per heavy atom. The number of aliphatic hydroxyl groups is 8. The molecule has 0 aromatic heterocycles. The Balaban J connectivity index is 1.58. The highest BCUT2D eigenvalue weighted by Gasteiger charge is 2.51. The molecule has 99 heavy (non-hydrogen) atoms. The number of amides is 1. The van der Waals surface area contributed by atoms with Crippen molar-refractivity contribution in [2.24, 2.45) is 0 Å². The Morgan fingerprint density at radius 2 is 0.697 bits per heavy atom. The molecule has 0 aliphatic carbocycles. The summed E-state index contributed by atoms with van der Waals surface area (Å²) in [6, 6.07) is -0.832. The molecular weight excluding hydrogens is 1240 g/mol. The lowest BCUT2D eigenvalue weighted by atomic mass is 9.97. The van der Waals surface area contributed by atoms with E-state index in [1.165, 1.54) is 250 Å². The average molecular weight is 1400 g/mol. The number of allylic oxidation sites excluding steroid dienone is 12. The summed E-state index contributed by atoms with van der Waals surface area (Å²) in [6.45, 7) is 2.81. The van der Waals surface area contributed by atoms with Gasteiger partial charge in [-0.25, -0.2) is 0 Å². The van der Waals surface area contributed by atoms with Crippen molar-refractivity contribution in [1.82, 2.24) is 5.32 Å². The summed E-state index contributed by atoms with van der Waals surface area (Å²) in [7, 11) is 0. The third-order valence-corrected chi connectivity index (χ3v) is 20.2. The van der Waals surface area contributed by atoms with Crippen LogP contribution in [0.2, 0.25) is 0 Å². The molecule has 0 radical (unpaired) electrons. The van der Waals surface area contributed by atoms with Gasteiger partial charge in [0.1, 0.15) is 48.8 Å². The first kappa shape index (κ1) is 92.5. The lowest BCUT2D eigenvalue weighted by Gasteiger charge is -2.46. The number of rotatable bonds is 70. The van der Waals surface area contributed by atoms with Gasteiger partial charge in [0.2, 0.25) is 5.91 Å². The zero-order chi connectivity index (χ0) is 71.5. The average Bonchev–Trinajstić information content (AvgIpc) is 0.793. The van der Waals surface area contributed by atoms with Crippen LogP contribution in [-0.4, -0.2) is 140 Å². The van der Waals surface area contributed by atoms with Gasteiger partial charge in [-0.1, -0.05) is 369 Å². The highest BCUT2D eigenvalue weighted by Crippen LogP contribution is 2.30. The fourth-order valence-electron chi connectivity index (χ4n) is 13.7. The molecule has 578 valence electrons. The molecule has 2 aliphatic rings. The zero-order valence-electron chi connectivity index (χ0n) is 63.5. The minimum absolute atomic E-state index is 0.201. The van der Waals surface area contributed by atoms with E-state index in [1.807, 2.05) is 0 Å².